The van der Waals surface area contributed by atoms with Crippen LogP contribution < -0.4 is 0 Å². The van der Waals surface area contributed by atoms with Gasteiger partial charge in [0.05, 0.1) is 6.20 Å². The molecule has 162 valence electrons. The highest BCUT2D eigenvalue weighted by Gasteiger charge is 2.31. The molecule has 0 amide bonds. The van der Waals surface area contributed by atoms with Crippen molar-refractivity contribution in [2.45, 2.75) is 70.4 Å². The Morgan fingerprint density at radius 3 is 2.70 bits per heavy atom. The Bertz CT molecular complexity index is 938. The van der Waals surface area contributed by atoms with Crippen LogP contribution in [-0.2, 0) is 13.0 Å². The van der Waals surface area contributed by atoms with Crippen molar-refractivity contribution in [2.24, 2.45) is 5.92 Å². The van der Waals surface area contributed by atoms with E-state index in [2.05, 4.69) is 41.2 Å². The number of fused-ring (bicyclic) bond motifs is 1. The van der Waals surface area contributed by atoms with Gasteiger partial charge < -0.3 is 9.88 Å². The van der Waals surface area contributed by atoms with E-state index in [0.717, 1.165) is 30.3 Å². The Hall–Kier alpha value is -2.21. The fraction of sp³-hybridized carbons (Fsp3) is 0.583. The van der Waals surface area contributed by atoms with Gasteiger partial charge in [-0.05, 0) is 82.3 Å². The third-order valence-corrected chi connectivity index (χ3v) is 6.98. The number of nitrogens with one attached hydrogen (secondary N) is 1. The van der Waals surface area contributed by atoms with Crippen LogP contribution in [0.4, 0.5) is 4.39 Å². The standard InChI is InChI=1S/C24H34FN5/c1-4-5-20(17-6-9-19(10-7-17)29(2)3)24-21(12-14-30-15-13-26-28-30)22-16-18(25)8-11-23(22)27-24/h8,11,13,15-17,19-20,27H,4-7,9-10,12,14H2,1-3H3. The van der Waals surface area contributed by atoms with Crippen molar-refractivity contribution in [1.82, 2.24) is 24.9 Å². The van der Waals surface area contributed by atoms with Crippen molar-refractivity contribution < 1.29 is 4.39 Å². The summed E-state index contributed by atoms with van der Waals surface area (Å²) in [5.41, 5.74) is 3.63. The van der Waals surface area contributed by atoms with Crippen molar-refractivity contribution in [1.29, 1.82) is 0 Å². The van der Waals surface area contributed by atoms with Gasteiger partial charge >= 0.3 is 0 Å². The van der Waals surface area contributed by atoms with Crippen LogP contribution in [0.1, 0.15) is 62.6 Å². The van der Waals surface area contributed by atoms with E-state index in [4.69, 9.17) is 0 Å². The van der Waals surface area contributed by atoms with Gasteiger partial charge in [0.25, 0.3) is 0 Å². The molecule has 1 atom stereocenters. The quantitative estimate of drug-likeness (QED) is 0.558. The lowest BCUT2D eigenvalue weighted by atomic mass is 9.74. The van der Waals surface area contributed by atoms with E-state index < -0.39 is 0 Å². The van der Waals surface area contributed by atoms with Crippen molar-refractivity contribution >= 4 is 10.9 Å². The van der Waals surface area contributed by atoms with E-state index in [1.165, 1.54) is 43.4 Å². The largest absolute Gasteiger partial charge is 0.358 e. The first-order valence-corrected chi connectivity index (χ1v) is 11.4. The Kier molecular flexibility index (Phi) is 6.52. The van der Waals surface area contributed by atoms with Gasteiger partial charge in [0.1, 0.15) is 5.82 Å². The van der Waals surface area contributed by atoms with Gasteiger partial charge in [-0.2, -0.15) is 0 Å². The van der Waals surface area contributed by atoms with E-state index in [9.17, 15) is 4.39 Å². The van der Waals surface area contributed by atoms with Crippen molar-refractivity contribution in [3.8, 4) is 0 Å². The van der Waals surface area contributed by atoms with Gasteiger partial charge in [-0.25, -0.2) is 4.39 Å². The maximum Gasteiger partial charge on any atom is 0.123 e. The topological polar surface area (TPSA) is 49.7 Å². The highest BCUT2D eigenvalue weighted by molar-refractivity contribution is 5.85. The van der Waals surface area contributed by atoms with Crippen LogP contribution in [0, 0.1) is 11.7 Å². The molecular weight excluding hydrogens is 377 g/mol. The van der Waals surface area contributed by atoms with Crippen LogP contribution in [0.5, 0.6) is 0 Å². The molecule has 1 N–H and O–H groups in total. The zero-order valence-electron chi connectivity index (χ0n) is 18.4. The lowest BCUT2D eigenvalue weighted by molar-refractivity contribution is 0.175. The molecule has 1 aromatic carbocycles. The molecule has 1 unspecified atom stereocenters. The van der Waals surface area contributed by atoms with Crippen molar-refractivity contribution in [2.75, 3.05) is 14.1 Å². The zero-order chi connectivity index (χ0) is 21.1. The average molecular weight is 412 g/mol. The SMILES string of the molecule is CCCC(c1[nH]c2ccc(F)cc2c1CCn1ccnn1)C1CCC(N(C)C)CC1. The molecule has 4 rings (SSSR count). The Morgan fingerprint density at radius 1 is 1.23 bits per heavy atom. The summed E-state index contributed by atoms with van der Waals surface area (Å²) in [5.74, 6) is 1.01. The Balaban J connectivity index is 1.66. The second-order valence-electron chi connectivity index (χ2n) is 9.05. The summed E-state index contributed by atoms with van der Waals surface area (Å²) >= 11 is 0. The van der Waals surface area contributed by atoms with Crippen LogP contribution in [0.25, 0.3) is 10.9 Å². The maximum atomic E-state index is 14.1. The smallest absolute Gasteiger partial charge is 0.123 e. The number of rotatable bonds is 8. The first-order chi connectivity index (χ1) is 14.6. The van der Waals surface area contributed by atoms with E-state index in [1.807, 2.05) is 16.9 Å². The lowest BCUT2D eigenvalue weighted by Crippen LogP contribution is -2.33. The van der Waals surface area contributed by atoms with Gasteiger partial charge in [-0.1, -0.05) is 18.6 Å². The number of H-pyrrole nitrogens is 1. The predicted octanol–water partition coefficient (Wildman–Crippen LogP) is 5.15. The fourth-order valence-corrected chi connectivity index (χ4v) is 5.35. The van der Waals surface area contributed by atoms with Crippen LogP contribution in [-0.4, -0.2) is 45.0 Å². The number of aromatic nitrogens is 4. The van der Waals surface area contributed by atoms with Gasteiger partial charge in [0.2, 0.25) is 0 Å². The summed E-state index contributed by atoms with van der Waals surface area (Å²) < 4.78 is 16.0. The number of benzene rings is 1. The van der Waals surface area contributed by atoms with E-state index >= 15 is 0 Å². The summed E-state index contributed by atoms with van der Waals surface area (Å²) in [6, 6.07) is 5.84. The zero-order valence-corrected chi connectivity index (χ0v) is 18.4. The molecule has 1 fully saturated rings. The number of nitrogens with zero attached hydrogens (tertiary/aromatic N) is 4. The molecule has 0 aliphatic heterocycles. The number of halogens is 1. The molecule has 1 aliphatic carbocycles. The number of aryl methyl sites for hydroxylation is 2. The summed E-state index contributed by atoms with van der Waals surface area (Å²) in [5, 5.41) is 9.06. The minimum Gasteiger partial charge on any atom is -0.358 e. The van der Waals surface area contributed by atoms with Gasteiger partial charge in [0.15, 0.2) is 0 Å². The minimum atomic E-state index is -0.173. The monoisotopic (exact) mass is 411 g/mol. The fourth-order valence-electron chi connectivity index (χ4n) is 5.35. The van der Waals surface area contributed by atoms with Crippen molar-refractivity contribution in [3.63, 3.8) is 0 Å². The molecule has 0 saturated heterocycles. The first-order valence-electron chi connectivity index (χ1n) is 11.4. The second-order valence-corrected chi connectivity index (χ2v) is 9.05. The molecule has 2 aromatic heterocycles. The molecule has 1 saturated carbocycles. The van der Waals surface area contributed by atoms with Crippen molar-refractivity contribution in [3.05, 3.63) is 47.7 Å². The third-order valence-electron chi connectivity index (χ3n) is 6.98. The molecule has 30 heavy (non-hydrogen) atoms. The van der Waals surface area contributed by atoms with E-state index in [-0.39, 0.29) is 5.82 Å². The lowest BCUT2D eigenvalue weighted by Gasteiger charge is -2.36. The van der Waals surface area contributed by atoms with Gasteiger partial charge in [-0.15, -0.1) is 5.10 Å². The van der Waals surface area contributed by atoms with Gasteiger partial charge in [0, 0.05) is 41.3 Å². The molecule has 0 bridgehead atoms. The first kappa shape index (κ1) is 21.0. The van der Waals surface area contributed by atoms with Crippen LogP contribution in [0.3, 0.4) is 0 Å². The molecule has 5 nitrogen and oxygen atoms in total. The summed E-state index contributed by atoms with van der Waals surface area (Å²) in [4.78, 5) is 6.09. The normalized spacial score (nSPS) is 20.8. The summed E-state index contributed by atoms with van der Waals surface area (Å²) in [7, 11) is 4.39. The molecule has 0 radical (unpaired) electrons. The highest BCUT2D eigenvalue weighted by Crippen LogP contribution is 2.42. The predicted molar refractivity (Wildman–Crippen MR) is 119 cm³/mol. The Morgan fingerprint density at radius 2 is 2.03 bits per heavy atom. The van der Waals surface area contributed by atoms with E-state index in [0.29, 0.717) is 17.9 Å². The average Bonchev–Trinajstić information content (AvgIpc) is 3.38. The minimum absolute atomic E-state index is 0.173. The molecule has 2 heterocycles. The van der Waals surface area contributed by atoms with E-state index in [1.54, 1.807) is 18.3 Å². The summed E-state index contributed by atoms with van der Waals surface area (Å²) in [6.45, 7) is 3.03. The molecule has 6 heteroatoms. The van der Waals surface area contributed by atoms with Gasteiger partial charge in [-0.3, -0.25) is 4.68 Å². The van der Waals surface area contributed by atoms with Crippen LogP contribution in [0.15, 0.2) is 30.6 Å². The molecular formula is C24H34FN5. The molecule has 0 spiro atoms. The number of hydrogen-bond acceptors (Lipinski definition) is 3. The number of aromatic amines is 1. The maximum absolute atomic E-state index is 14.1. The highest BCUT2D eigenvalue weighted by atomic mass is 19.1. The van der Waals surface area contributed by atoms with Crippen LogP contribution >= 0.6 is 0 Å². The molecule has 1 aliphatic rings. The summed E-state index contributed by atoms with van der Waals surface area (Å²) in [6.07, 6.45) is 11.8. The molecule has 3 aromatic rings. The Labute approximate surface area is 178 Å². The second kappa shape index (κ2) is 9.29. The third kappa shape index (κ3) is 4.43. The number of hydrogen-bond donors (Lipinski definition) is 1. The van der Waals surface area contributed by atoms with Crippen LogP contribution in [0.2, 0.25) is 0 Å².